The summed E-state index contributed by atoms with van der Waals surface area (Å²) in [6.07, 6.45) is 0.810. The lowest BCUT2D eigenvalue weighted by Gasteiger charge is -2.02. The fourth-order valence-corrected chi connectivity index (χ4v) is 1.38. The monoisotopic (exact) mass is 187 g/mol. The van der Waals surface area contributed by atoms with Crippen molar-refractivity contribution >= 4 is 17.8 Å². The van der Waals surface area contributed by atoms with Gasteiger partial charge in [-0.25, -0.2) is 9.69 Å². The van der Waals surface area contributed by atoms with Gasteiger partial charge >= 0.3 is 0 Å². The number of hydrogen-bond acceptors (Lipinski definition) is 3. The Morgan fingerprint density at radius 3 is 2.00 bits per heavy atom. The van der Waals surface area contributed by atoms with Crippen molar-refractivity contribution in [3.05, 3.63) is 41.6 Å². The Bertz CT molecular complexity index is 437. The van der Waals surface area contributed by atoms with Crippen molar-refractivity contribution in [1.82, 2.24) is 4.90 Å². The summed E-state index contributed by atoms with van der Waals surface area (Å²) in [4.78, 5) is 33.8. The zero-order chi connectivity index (χ0) is 10.1. The molecule has 14 heavy (non-hydrogen) atoms. The summed E-state index contributed by atoms with van der Waals surface area (Å²) in [5.74, 6) is 0.459. The van der Waals surface area contributed by atoms with E-state index >= 15 is 0 Å². The van der Waals surface area contributed by atoms with Crippen LogP contribution in [0.3, 0.4) is 0 Å². The van der Waals surface area contributed by atoms with Gasteiger partial charge in [-0.2, -0.15) is 0 Å². The van der Waals surface area contributed by atoms with Gasteiger partial charge in [0, 0.05) is 0 Å². The van der Waals surface area contributed by atoms with Gasteiger partial charge in [-0.05, 0) is 12.1 Å². The van der Waals surface area contributed by atoms with Gasteiger partial charge in [0.1, 0.15) is 12.1 Å². The molecule has 1 aromatic carbocycles. The molecule has 0 aromatic heterocycles. The first-order chi connectivity index (χ1) is 6.75. The van der Waals surface area contributed by atoms with E-state index in [2.05, 4.69) is 0 Å². The average Bonchev–Trinajstić information content (AvgIpc) is 2.45. The molecule has 4 heteroatoms. The maximum absolute atomic E-state index is 11.5. The molecule has 1 heterocycles. The second-order valence-corrected chi connectivity index (χ2v) is 2.77. The van der Waals surface area contributed by atoms with E-state index in [1.165, 1.54) is 5.94 Å². The third-order valence-corrected chi connectivity index (χ3v) is 2.01. The van der Waals surface area contributed by atoms with E-state index in [1.54, 1.807) is 24.3 Å². The number of carbonyl (C=O) groups is 2. The highest BCUT2D eigenvalue weighted by molar-refractivity contribution is 6.22. The minimum absolute atomic E-state index is 0.323. The van der Waals surface area contributed by atoms with E-state index in [-0.39, 0.29) is 0 Å². The van der Waals surface area contributed by atoms with E-state index in [4.69, 9.17) is 0 Å². The predicted octanol–water partition coefficient (Wildman–Crippen LogP) is 0.628. The molecule has 0 N–H and O–H groups in total. The number of fused-ring (bicyclic) bond motifs is 1. The molecular weight excluding hydrogens is 182 g/mol. The molecule has 0 saturated carbocycles. The highest BCUT2D eigenvalue weighted by Crippen LogP contribution is 2.21. The summed E-state index contributed by atoms with van der Waals surface area (Å²) in [6.45, 7) is 0. The normalized spacial score (nSPS) is 13.9. The minimum Gasteiger partial charge on any atom is -0.268 e. The molecule has 1 aliphatic heterocycles. The average molecular weight is 187 g/mol. The van der Waals surface area contributed by atoms with Crippen LogP contribution in [0.5, 0.6) is 0 Å². The van der Waals surface area contributed by atoms with Gasteiger partial charge < -0.3 is 0 Å². The van der Waals surface area contributed by atoms with Crippen molar-refractivity contribution in [2.75, 3.05) is 0 Å². The molecule has 0 fully saturated rings. The summed E-state index contributed by atoms with van der Waals surface area (Å²) >= 11 is 0. The van der Waals surface area contributed by atoms with Gasteiger partial charge in [-0.3, -0.25) is 9.59 Å². The summed E-state index contributed by atoms with van der Waals surface area (Å²) in [7, 11) is 0. The van der Waals surface area contributed by atoms with E-state index in [0.717, 1.165) is 11.1 Å². The van der Waals surface area contributed by atoms with Crippen LogP contribution in [-0.2, 0) is 4.79 Å². The first kappa shape index (κ1) is 8.41. The second kappa shape index (κ2) is 2.94. The van der Waals surface area contributed by atoms with Gasteiger partial charge in [0.15, 0.2) is 0 Å². The molecule has 4 nitrogen and oxygen atoms in total. The second-order valence-electron chi connectivity index (χ2n) is 2.77. The standard InChI is InChI=1S/C10H5NO3/c12-6-5-11-9(13)7-3-1-2-4-8(7)10(11)14/h1-5H. The van der Waals surface area contributed by atoms with Gasteiger partial charge in [0.25, 0.3) is 11.8 Å². The zero-order valence-electron chi connectivity index (χ0n) is 7.06. The molecule has 1 aromatic rings. The number of hydrogen-bond donors (Lipinski definition) is 0. The van der Waals surface area contributed by atoms with E-state index in [9.17, 15) is 14.4 Å². The Labute approximate surface area is 79.4 Å². The van der Waals surface area contributed by atoms with Crippen molar-refractivity contribution in [3.63, 3.8) is 0 Å². The molecular formula is C10H5NO3. The Hall–Kier alpha value is -2.19. The fraction of sp³-hybridized carbons (Fsp3) is 0. The Balaban J connectivity index is 2.59. The first-order valence-electron chi connectivity index (χ1n) is 3.93. The molecule has 1 aliphatic rings. The molecule has 0 bridgehead atoms. The number of imide groups is 1. The van der Waals surface area contributed by atoms with Crippen LogP contribution in [0.15, 0.2) is 30.5 Å². The van der Waals surface area contributed by atoms with E-state index in [1.807, 2.05) is 0 Å². The van der Waals surface area contributed by atoms with Crippen molar-refractivity contribution in [2.24, 2.45) is 0 Å². The third-order valence-electron chi connectivity index (χ3n) is 2.01. The lowest BCUT2D eigenvalue weighted by molar-refractivity contribution is 0.0722. The van der Waals surface area contributed by atoms with Gasteiger partial charge in [-0.1, -0.05) is 12.1 Å². The zero-order valence-corrected chi connectivity index (χ0v) is 7.06. The first-order valence-corrected chi connectivity index (χ1v) is 3.93. The SMILES string of the molecule is O=C=CN1C(=O)c2ccccc2C1=O. The summed E-state index contributed by atoms with van der Waals surface area (Å²) < 4.78 is 0. The highest BCUT2D eigenvalue weighted by atomic mass is 16.2. The van der Waals surface area contributed by atoms with Crippen molar-refractivity contribution in [3.8, 4) is 0 Å². The number of amides is 2. The smallest absolute Gasteiger partial charge is 0.266 e. The Kier molecular flexibility index (Phi) is 1.77. The van der Waals surface area contributed by atoms with Crippen molar-refractivity contribution in [1.29, 1.82) is 0 Å². The van der Waals surface area contributed by atoms with Crippen LogP contribution < -0.4 is 0 Å². The van der Waals surface area contributed by atoms with Crippen LogP contribution in [0, 0.1) is 0 Å². The van der Waals surface area contributed by atoms with Crippen molar-refractivity contribution in [2.45, 2.75) is 0 Å². The molecule has 68 valence electrons. The molecule has 0 atom stereocenters. The number of rotatable bonds is 1. The van der Waals surface area contributed by atoms with Gasteiger partial charge in [0.2, 0.25) is 0 Å². The van der Waals surface area contributed by atoms with Crippen LogP contribution in [0.25, 0.3) is 0 Å². The van der Waals surface area contributed by atoms with Crippen molar-refractivity contribution < 1.29 is 14.4 Å². The van der Waals surface area contributed by atoms with Gasteiger partial charge in [0.05, 0.1) is 11.1 Å². The van der Waals surface area contributed by atoms with E-state index < -0.39 is 11.8 Å². The number of benzene rings is 1. The maximum Gasteiger partial charge on any atom is 0.266 e. The summed E-state index contributed by atoms with van der Waals surface area (Å²) in [5, 5.41) is 0. The molecule has 0 aliphatic carbocycles. The highest BCUT2D eigenvalue weighted by Gasteiger charge is 2.33. The maximum atomic E-state index is 11.5. The predicted molar refractivity (Wildman–Crippen MR) is 47.2 cm³/mol. The molecule has 2 amide bonds. The van der Waals surface area contributed by atoms with Crippen LogP contribution in [0.2, 0.25) is 0 Å². The molecule has 0 unspecified atom stereocenters. The van der Waals surface area contributed by atoms with Gasteiger partial charge in [-0.15, -0.1) is 0 Å². The molecule has 0 spiro atoms. The van der Waals surface area contributed by atoms with E-state index in [0.29, 0.717) is 11.1 Å². The minimum atomic E-state index is -0.478. The largest absolute Gasteiger partial charge is 0.268 e. The topological polar surface area (TPSA) is 54.5 Å². The third kappa shape index (κ3) is 0.985. The fourth-order valence-electron chi connectivity index (χ4n) is 1.38. The lowest BCUT2D eigenvalue weighted by Crippen LogP contribution is -2.23. The molecule has 0 saturated heterocycles. The molecule has 2 rings (SSSR count). The van der Waals surface area contributed by atoms with Crippen LogP contribution >= 0.6 is 0 Å². The Morgan fingerprint density at radius 2 is 1.57 bits per heavy atom. The lowest BCUT2D eigenvalue weighted by atomic mass is 10.1. The van der Waals surface area contributed by atoms with Crippen LogP contribution in [0.4, 0.5) is 0 Å². The van der Waals surface area contributed by atoms with Crippen LogP contribution in [-0.4, -0.2) is 22.7 Å². The number of carbonyl (C=O) groups excluding carboxylic acids is 3. The molecule has 0 radical (unpaired) electrons. The Morgan fingerprint density at radius 1 is 1.07 bits per heavy atom. The number of nitrogens with zero attached hydrogens (tertiary/aromatic N) is 1. The summed E-state index contributed by atoms with van der Waals surface area (Å²) in [6, 6.07) is 6.43. The quantitative estimate of drug-likeness (QED) is 0.478. The van der Waals surface area contributed by atoms with Crippen LogP contribution in [0.1, 0.15) is 20.7 Å². The summed E-state index contributed by atoms with van der Waals surface area (Å²) in [5.41, 5.74) is 0.646.